The number of hydrogen-bond donors (Lipinski definition) is 18. The summed E-state index contributed by atoms with van der Waals surface area (Å²) in [6.45, 7) is 20.5. The van der Waals surface area contributed by atoms with Gasteiger partial charge >= 0.3 is 5.97 Å². The van der Waals surface area contributed by atoms with Crippen LogP contribution in [0.5, 0.6) is 0 Å². The van der Waals surface area contributed by atoms with E-state index in [-0.39, 0.29) is 101 Å². The van der Waals surface area contributed by atoms with Crippen molar-refractivity contribution in [1.82, 2.24) is 63.4 Å². The molecule has 3 rings (SSSR count). The van der Waals surface area contributed by atoms with Gasteiger partial charge in [0.05, 0.1) is 12.1 Å². The standard InChI is InChI=1S/C80H135N17O15/c1-47(2)41-59(89-71(102)58(34-21-25-39-84)88-70(101)57(33-20-24-38-83)87-69(100)56(32-19-23-37-82)86-68(99)55(85)31-18-22-36-81)72(103)90-60(42-48(3)4)74(105)94-64(44-50(7)8)79(110)97-40-26-35-65(97)77(108)96-67(52(11)98)78(109)93-61(43-49(5)6)73(104)91-62(45-53-27-14-12-15-28-53)75(106)92-63(46-54-29-16-13-17-30-54)76(107)95-66(51(9)10)80(111)112/h12-17,27-30,47-52,55-67,98H,18-26,31-46,81-85H2,1-11H3,(H,86,99)(H,87,100)(H,88,101)(H,89,102)(H,90,103)(H,91,104)(H,92,106)(H,93,109)(H,94,105)(H,95,107)(H,96,108)(H,111,112)/t52-,55+,56+,57+,58+,59+,60+,61+,62+,63+,64+,65+,66+,67+/m1/s1. The Balaban J connectivity index is 1.91. The minimum atomic E-state index is -1.70. The van der Waals surface area contributed by atoms with Crippen LogP contribution in [0.2, 0.25) is 0 Å². The number of benzene rings is 2. The molecule has 1 heterocycles. The molecule has 23 N–H and O–H groups in total. The number of nitrogens with zero attached hydrogens (tertiary/aromatic N) is 1. The van der Waals surface area contributed by atoms with Crippen LogP contribution in [0.4, 0.5) is 0 Å². The second-order valence-electron chi connectivity index (χ2n) is 31.7. The van der Waals surface area contributed by atoms with Crippen molar-refractivity contribution >= 4 is 76.9 Å². The highest BCUT2D eigenvalue weighted by Crippen LogP contribution is 2.23. The predicted molar refractivity (Wildman–Crippen MR) is 428 cm³/mol. The van der Waals surface area contributed by atoms with Crippen LogP contribution in [0, 0.1) is 29.6 Å². The van der Waals surface area contributed by atoms with Gasteiger partial charge in [-0.25, -0.2) is 4.79 Å². The van der Waals surface area contributed by atoms with E-state index in [0.717, 1.165) is 0 Å². The number of amides is 12. The van der Waals surface area contributed by atoms with Gasteiger partial charge in [0.15, 0.2) is 0 Å². The summed E-state index contributed by atoms with van der Waals surface area (Å²) in [5, 5.41) is 51.4. The molecule has 1 saturated heterocycles. The molecule has 32 nitrogen and oxygen atoms in total. The van der Waals surface area contributed by atoms with Gasteiger partial charge in [-0.2, -0.15) is 0 Å². The molecule has 2 aromatic rings. The fraction of sp³-hybridized carbons (Fsp3) is 0.688. The second-order valence-corrected chi connectivity index (χ2v) is 31.7. The quantitative estimate of drug-likeness (QED) is 0.0410. The first-order chi connectivity index (χ1) is 53.0. The lowest BCUT2D eigenvalue weighted by Gasteiger charge is -2.32. The number of carbonyl (C=O) groups excluding carboxylic acids is 12. The van der Waals surface area contributed by atoms with Crippen LogP contribution in [0.25, 0.3) is 0 Å². The zero-order valence-electron chi connectivity index (χ0n) is 68.0. The molecular weight excluding hydrogens is 1440 g/mol. The second kappa shape index (κ2) is 51.9. The van der Waals surface area contributed by atoms with Crippen molar-refractivity contribution in [3.05, 3.63) is 71.8 Å². The van der Waals surface area contributed by atoms with Crippen LogP contribution < -0.4 is 87.2 Å². The maximum absolute atomic E-state index is 15.0. The fourth-order valence-corrected chi connectivity index (χ4v) is 13.2. The van der Waals surface area contributed by atoms with Crippen LogP contribution in [-0.2, 0) is 75.2 Å². The molecule has 112 heavy (non-hydrogen) atoms. The van der Waals surface area contributed by atoms with E-state index in [1.807, 2.05) is 41.5 Å². The molecular formula is C80H135N17O15. The van der Waals surface area contributed by atoms with Gasteiger partial charge < -0.3 is 102 Å². The van der Waals surface area contributed by atoms with Gasteiger partial charge in [-0.3, -0.25) is 57.5 Å². The lowest BCUT2D eigenvalue weighted by Crippen LogP contribution is -2.62. The van der Waals surface area contributed by atoms with E-state index >= 15 is 0 Å². The molecule has 1 fully saturated rings. The number of rotatable bonds is 54. The molecule has 2 aromatic carbocycles. The van der Waals surface area contributed by atoms with Gasteiger partial charge in [0.2, 0.25) is 70.9 Å². The average molecular weight is 1580 g/mol. The maximum atomic E-state index is 15.0. The van der Waals surface area contributed by atoms with Gasteiger partial charge in [0.25, 0.3) is 0 Å². The van der Waals surface area contributed by atoms with Gasteiger partial charge in [-0.05, 0) is 183 Å². The molecule has 0 bridgehead atoms. The molecule has 0 aromatic heterocycles. The number of carboxylic acids is 1. The number of unbranched alkanes of at least 4 members (excludes halogenated alkanes) is 4. The minimum Gasteiger partial charge on any atom is -0.480 e. The Morgan fingerprint density at radius 2 is 0.696 bits per heavy atom. The molecule has 14 atom stereocenters. The molecule has 0 saturated carbocycles. The lowest BCUT2D eigenvalue weighted by molar-refractivity contribution is -0.143. The largest absolute Gasteiger partial charge is 0.480 e. The number of carboxylic acid groups (broad SMARTS) is 1. The highest BCUT2D eigenvalue weighted by Gasteiger charge is 2.43. The Morgan fingerprint density at radius 1 is 0.384 bits per heavy atom. The lowest BCUT2D eigenvalue weighted by atomic mass is 9.98. The van der Waals surface area contributed by atoms with E-state index in [1.165, 1.54) is 11.8 Å². The molecule has 0 unspecified atom stereocenters. The Kier molecular flexibility index (Phi) is 45.1. The Bertz CT molecular complexity index is 3270. The molecule has 1 aliphatic heterocycles. The van der Waals surface area contributed by atoms with Crippen molar-refractivity contribution in [3.8, 4) is 0 Å². The summed E-state index contributed by atoms with van der Waals surface area (Å²) in [4.78, 5) is 187. The monoisotopic (exact) mass is 1570 g/mol. The number of aliphatic hydroxyl groups is 1. The summed E-state index contributed by atoms with van der Waals surface area (Å²) in [6.07, 6.45) is 3.77. The van der Waals surface area contributed by atoms with Crippen LogP contribution >= 0.6 is 0 Å². The first kappa shape index (κ1) is 97.5. The molecule has 0 spiro atoms. The normalized spacial score (nSPS) is 16.4. The number of aliphatic carboxylic acids is 1. The third-order valence-corrected chi connectivity index (χ3v) is 19.4. The number of nitrogens with one attached hydrogen (secondary N) is 11. The van der Waals surface area contributed by atoms with Crippen molar-refractivity contribution in [2.45, 2.75) is 289 Å². The number of aliphatic hydroxyl groups excluding tert-OH is 1. The predicted octanol–water partition coefficient (Wildman–Crippen LogP) is 0.945. The summed E-state index contributed by atoms with van der Waals surface area (Å²) in [7, 11) is 0. The van der Waals surface area contributed by atoms with Crippen molar-refractivity contribution in [2.24, 2.45) is 58.3 Å². The summed E-state index contributed by atoms with van der Waals surface area (Å²) < 4.78 is 0. The van der Waals surface area contributed by atoms with Crippen LogP contribution in [-0.4, -0.2) is 209 Å². The molecule has 0 aliphatic carbocycles. The number of carbonyl (C=O) groups is 13. The number of nitrogens with two attached hydrogens (primary N) is 5. The number of hydrogen-bond acceptors (Lipinski definition) is 19. The zero-order valence-corrected chi connectivity index (χ0v) is 68.0. The van der Waals surface area contributed by atoms with E-state index < -0.39 is 167 Å². The van der Waals surface area contributed by atoms with Crippen molar-refractivity contribution in [2.75, 3.05) is 32.7 Å². The summed E-state index contributed by atoms with van der Waals surface area (Å²) in [6, 6.07) is 0.968. The van der Waals surface area contributed by atoms with E-state index in [9.17, 15) is 72.5 Å². The van der Waals surface area contributed by atoms with E-state index in [2.05, 4.69) is 58.5 Å². The Labute approximate surface area is 661 Å². The zero-order chi connectivity index (χ0) is 83.7. The summed E-state index contributed by atoms with van der Waals surface area (Å²) in [5.74, 6) is -11.6. The number of likely N-dealkylation sites (tertiary alicyclic amines) is 1. The van der Waals surface area contributed by atoms with Gasteiger partial charge in [-0.1, -0.05) is 136 Å². The Morgan fingerprint density at radius 3 is 1.05 bits per heavy atom. The maximum Gasteiger partial charge on any atom is 0.326 e. The third kappa shape index (κ3) is 35.6. The minimum absolute atomic E-state index is 0.00399. The average Bonchev–Trinajstić information content (AvgIpc) is 1.62. The third-order valence-electron chi connectivity index (χ3n) is 19.4. The first-order valence-electron chi connectivity index (χ1n) is 40.2. The SMILES string of the molecule is CC(C)C[C@H](NC(=O)[C@H](CCCCN)NC(=O)[C@H](CCCCN)NC(=O)[C@H](CCCCN)NC(=O)[C@@H](N)CCCCN)C(=O)N[C@@H](CC(C)C)C(=O)N[C@@H](CC(C)C)C(=O)N1CCC[C@H]1C(=O)N[C@H](C(=O)N[C@@H](CC(C)C)C(=O)N[C@@H](Cc1ccccc1)C(=O)N[C@@H](Cc1ccccc1)C(=O)N[C@H](C(=O)O)C(C)C)[C@@H](C)O. The van der Waals surface area contributed by atoms with Crippen molar-refractivity contribution in [1.29, 1.82) is 0 Å². The molecule has 630 valence electrons. The van der Waals surface area contributed by atoms with Crippen molar-refractivity contribution < 1.29 is 72.5 Å². The summed E-state index contributed by atoms with van der Waals surface area (Å²) >= 11 is 0. The van der Waals surface area contributed by atoms with Crippen LogP contribution in [0.3, 0.4) is 0 Å². The van der Waals surface area contributed by atoms with E-state index in [4.69, 9.17) is 28.7 Å². The van der Waals surface area contributed by atoms with Crippen LogP contribution in [0.1, 0.15) is 203 Å². The van der Waals surface area contributed by atoms with Gasteiger partial charge in [0, 0.05) is 19.4 Å². The highest BCUT2D eigenvalue weighted by atomic mass is 16.4. The molecule has 32 heteroatoms. The smallest absolute Gasteiger partial charge is 0.326 e. The highest BCUT2D eigenvalue weighted by molar-refractivity contribution is 6.00. The molecule has 12 amide bonds. The van der Waals surface area contributed by atoms with Crippen molar-refractivity contribution in [3.63, 3.8) is 0 Å². The fourth-order valence-electron chi connectivity index (χ4n) is 13.2. The van der Waals surface area contributed by atoms with E-state index in [0.29, 0.717) is 95.0 Å². The van der Waals surface area contributed by atoms with E-state index in [1.54, 1.807) is 88.4 Å². The van der Waals surface area contributed by atoms with Gasteiger partial charge in [0.1, 0.15) is 72.5 Å². The van der Waals surface area contributed by atoms with Gasteiger partial charge in [-0.15, -0.1) is 0 Å². The molecule has 1 aliphatic rings. The topological polar surface area (TPSA) is 528 Å². The summed E-state index contributed by atoms with van der Waals surface area (Å²) in [5.41, 5.74) is 30.6. The Hall–Kier alpha value is -8.69. The first-order valence-corrected chi connectivity index (χ1v) is 40.2. The van der Waals surface area contributed by atoms with Crippen LogP contribution in [0.15, 0.2) is 60.7 Å². The molecule has 0 radical (unpaired) electrons.